The van der Waals surface area contributed by atoms with E-state index in [1.165, 1.54) is 17.0 Å². The zero-order valence-corrected chi connectivity index (χ0v) is 25.4. The molecule has 41 heavy (non-hydrogen) atoms. The van der Waals surface area contributed by atoms with Crippen LogP contribution in [-0.4, -0.2) is 50.0 Å². The van der Waals surface area contributed by atoms with Gasteiger partial charge >= 0.3 is 0 Å². The second-order valence-corrected chi connectivity index (χ2v) is 13.3. The number of nitrogens with zero attached hydrogens (tertiary/aromatic N) is 2. The van der Waals surface area contributed by atoms with E-state index in [-0.39, 0.29) is 30.6 Å². The summed E-state index contributed by atoms with van der Waals surface area (Å²) >= 11 is 3.43. The van der Waals surface area contributed by atoms with Gasteiger partial charge < -0.3 is 10.2 Å². The number of hydrogen-bond donors (Lipinski definition) is 1. The molecule has 1 unspecified atom stereocenters. The molecule has 0 saturated heterocycles. The van der Waals surface area contributed by atoms with Crippen LogP contribution in [0.25, 0.3) is 0 Å². The van der Waals surface area contributed by atoms with Crippen molar-refractivity contribution in [3.8, 4) is 0 Å². The van der Waals surface area contributed by atoms with Crippen LogP contribution in [0.5, 0.6) is 0 Å². The van der Waals surface area contributed by atoms with E-state index in [0.29, 0.717) is 0 Å². The molecule has 1 fully saturated rings. The third-order valence-corrected chi connectivity index (χ3v) is 8.95. The van der Waals surface area contributed by atoms with Gasteiger partial charge in [-0.05, 0) is 60.4 Å². The molecule has 1 N–H and O–H groups in total. The van der Waals surface area contributed by atoms with Gasteiger partial charge in [-0.2, -0.15) is 0 Å². The summed E-state index contributed by atoms with van der Waals surface area (Å²) in [6.45, 7) is -0.439. The van der Waals surface area contributed by atoms with Crippen molar-refractivity contribution in [3.63, 3.8) is 0 Å². The van der Waals surface area contributed by atoms with E-state index < -0.39 is 34.3 Å². The molecule has 0 bridgehead atoms. The average molecular weight is 645 g/mol. The van der Waals surface area contributed by atoms with Crippen molar-refractivity contribution >= 4 is 43.5 Å². The van der Waals surface area contributed by atoms with Crippen LogP contribution in [0, 0.1) is 5.82 Å². The molecule has 4 rings (SSSR count). The molecule has 2 amide bonds. The van der Waals surface area contributed by atoms with Crippen molar-refractivity contribution in [2.24, 2.45) is 0 Å². The molecule has 218 valence electrons. The summed E-state index contributed by atoms with van der Waals surface area (Å²) in [6, 6.07) is 21.0. The van der Waals surface area contributed by atoms with E-state index in [9.17, 15) is 22.4 Å². The number of hydrogen-bond acceptors (Lipinski definition) is 4. The highest BCUT2D eigenvalue weighted by Gasteiger charge is 2.34. The van der Waals surface area contributed by atoms with Gasteiger partial charge in [0.05, 0.1) is 11.9 Å². The molecule has 3 aromatic rings. The molecule has 7 nitrogen and oxygen atoms in total. The molecule has 10 heteroatoms. The molecule has 0 spiro atoms. The third kappa shape index (κ3) is 8.87. The minimum absolute atomic E-state index is 0.0332. The fourth-order valence-electron chi connectivity index (χ4n) is 5.11. The average Bonchev–Trinajstić information content (AvgIpc) is 2.95. The van der Waals surface area contributed by atoms with Crippen LogP contribution in [0.15, 0.2) is 83.3 Å². The molecule has 0 heterocycles. The van der Waals surface area contributed by atoms with E-state index in [0.717, 1.165) is 70.4 Å². The number of anilines is 1. The summed E-state index contributed by atoms with van der Waals surface area (Å²) in [5, 5.41) is 3.18. The molecule has 1 aliphatic carbocycles. The third-order valence-electron chi connectivity index (χ3n) is 7.28. The number of nitrogens with one attached hydrogen (secondary N) is 1. The molecule has 1 saturated carbocycles. The molecule has 1 atom stereocenters. The highest BCUT2D eigenvalue weighted by molar-refractivity contribution is 9.10. The van der Waals surface area contributed by atoms with Crippen molar-refractivity contribution in [1.82, 2.24) is 10.2 Å². The molecule has 0 aromatic heterocycles. The second kappa shape index (κ2) is 14.1. The van der Waals surface area contributed by atoms with Crippen LogP contribution in [0.3, 0.4) is 0 Å². The summed E-state index contributed by atoms with van der Waals surface area (Å²) in [5.74, 6) is -1.33. The number of amides is 2. The summed E-state index contributed by atoms with van der Waals surface area (Å²) in [5.41, 5.74) is 1.83. The smallest absolute Gasteiger partial charge is 0.244 e. The Bertz CT molecular complexity index is 1410. The van der Waals surface area contributed by atoms with Crippen molar-refractivity contribution in [3.05, 3.63) is 100 Å². The monoisotopic (exact) mass is 643 g/mol. The first-order valence-electron chi connectivity index (χ1n) is 13.7. The van der Waals surface area contributed by atoms with Crippen molar-refractivity contribution < 1.29 is 22.4 Å². The standard InChI is InChI=1S/C31H35BrFN3O4S/c1-41(39,40)36(28-18-16-26(33)17-19-28)22-30(37)35(21-24-12-14-25(32)15-13-24)29(20-23-8-4-2-5-9-23)31(38)34-27-10-6-3-7-11-27/h2,4-5,8-9,12-19,27,29H,3,6-7,10-11,20-22H2,1H3,(H,34,38). The van der Waals surface area contributed by atoms with E-state index in [1.807, 2.05) is 54.6 Å². The second-order valence-electron chi connectivity index (χ2n) is 10.4. The Kier molecular flexibility index (Phi) is 10.6. The van der Waals surface area contributed by atoms with Crippen molar-refractivity contribution in [2.45, 2.75) is 57.2 Å². The lowest BCUT2D eigenvalue weighted by Crippen LogP contribution is -2.55. The van der Waals surface area contributed by atoms with Gasteiger partial charge in [-0.25, -0.2) is 12.8 Å². The molecular formula is C31H35BrFN3O4S. The van der Waals surface area contributed by atoms with Crippen molar-refractivity contribution in [1.29, 1.82) is 0 Å². The van der Waals surface area contributed by atoms with Crippen LogP contribution >= 0.6 is 15.9 Å². The zero-order valence-electron chi connectivity index (χ0n) is 23.0. The Balaban J connectivity index is 1.71. The van der Waals surface area contributed by atoms with Crippen LogP contribution in [-0.2, 0) is 32.6 Å². The zero-order chi connectivity index (χ0) is 29.4. The van der Waals surface area contributed by atoms with Crippen LogP contribution in [0.1, 0.15) is 43.2 Å². The minimum atomic E-state index is -3.91. The first kappa shape index (κ1) is 30.7. The maximum Gasteiger partial charge on any atom is 0.244 e. The normalized spacial score (nSPS) is 14.7. The Morgan fingerprint density at radius 3 is 2.17 bits per heavy atom. The van der Waals surface area contributed by atoms with Crippen molar-refractivity contribution in [2.75, 3.05) is 17.1 Å². The Morgan fingerprint density at radius 2 is 1.56 bits per heavy atom. The lowest BCUT2D eigenvalue weighted by atomic mass is 9.94. The summed E-state index contributed by atoms with van der Waals surface area (Å²) in [6.07, 6.45) is 6.25. The highest BCUT2D eigenvalue weighted by Crippen LogP contribution is 2.23. The molecule has 0 radical (unpaired) electrons. The quantitative estimate of drug-likeness (QED) is 0.301. The number of benzene rings is 3. The minimum Gasteiger partial charge on any atom is -0.352 e. The lowest BCUT2D eigenvalue weighted by Gasteiger charge is -2.35. The van der Waals surface area contributed by atoms with Crippen LogP contribution in [0.4, 0.5) is 10.1 Å². The number of halogens is 2. The Morgan fingerprint density at radius 1 is 0.927 bits per heavy atom. The predicted molar refractivity (Wildman–Crippen MR) is 162 cm³/mol. The maximum atomic E-state index is 14.1. The number of rotatable bonds is 11. The summed E-state index contributed by atoms with van der Waals surface area (Å²) in [4.78, 5) is 29.5. The van der Waals surface area contributed by atoms with Gasteiger partial charge in [0.25, 0.3) is 0 Å². The fourth-order valence-corrected chi connectivity index (χ4v) is 6.22. The van der Waals surface area contributed by atoms with Gasteiger partial charge in [-0.1, -0.05) is 77.7 Å². The van der Waals surface area contributed by atoms with Gasteiger partial charge in [-0.3, -0.25) is 13.9 Å². The molecule has 1 aliphatic rings. The SMILES string of the molecule is CS(=O)(=O)N(CC(=O)N(Cc1ccc(Br)cc1)C(Cc1ccccc1)C(=O)NC1CCCCC1)c1ccc(F)cc1. The van der Waals surface area contributed by atoms with Gasteiger partial charge in [-0.15, -0.1) is 0 Å². The Hall–Kier alpha value is -3.24. The van der Waals surface area contributed by atoms with Crippen LogP contribution in [0.2, 0.25) is 0 Å². The maximum absolute atomic E-state index is 14.1. The van der Waals surface area contributed by atoms with Gasteiger partial charge in [0.1, 0.15) is 18.4 Å². The number of carbonyl (C=O) groups is 2. The van der Waals surface area contributed by atoms with Gasteiger partial charge in [0.2, 0.25) is 21.8 Å². The van der Waals surface area contributed by atoms with E-state index in [2.05, 4.69) is 21.2 Å². The Labute approximate surface area is 249 Å². The molecular weight excluding hydrogens is 609 g/mol. The predicted octanol–water partition coefficient (Wildman–Crippen LogP) is 5.44. The fraction of sp³-hybridized carbons (Fsp3) is 0.355. The first-order valence-corrected chi connectivity index (χ1v) is 16.4. The van der Waals surface area contributed by atoms with E-state index in [1.54, 1.807) is 0 Å². The summed E-state index contributed by atoms with van der Waals surface area (Å²) in [7, 11) is -3.91. The molecule has 3 aromatic carbocycles. The lowest BCUT2D eigenvalue weighted by molar-refractivity contribution is -0.140. The number of carbonyl (C=O) groups excluding carboxylic acids is 2. The summed E-state index contributed by atoms with van der Waals surface area (Å²) < 4.78 is 41.0. The number of sulfonamides is 1. The molecule has 0 aliphatic heterocycles. The first-order chi connectivity index (χ1) is 19.6. The van der Waals surface area contributed by atoms with E-state index >= 15 is 0 Å². The van der Waals surface area contributed by atoms with Gasteiger partial charge in [0, 0.05) is 23.5 Å². The van der Waals surface area contributed by atoms with Crippen LogP contribution < -0.4 is 9.62 Å². The van der Waals surface area contributed by atoms with E-state index in [4.69, 9.17) is 0 Å². The highest BCUT2D eigenvalue weighted by atomic mass is 79.9. The topological polar surface area (TPSA) is 86.8 Å². The largest absolute Gasteiger partial charge is 0.352 e. The van der Waals surface area contributed by atoms with Gasteiger partial charge in [0.15, 0.2) is 0 Å².